The lowest BCUT2D eigenvalue weighted by molar-refractivity contribution is -0.143. The van der Waals surface area contributed by atoms with Gasteiger partial charge in [-0.05, 0) is 51.3 Å². The number of carbonyl (C=O) groups is 3. The molecule has 0 fully saturated rings. The predicted molar refractivity (Wildman–Crippen MR) is 157 cm³/mol. The maximum atomic E-state index is 12.4. The maximum absolute atomic E-state index is 12.4. The number of carboxylic acid groups (broad SMARTS) is 1. The number of ether oxygens (including phenoxy) is 1. The van der Waals surface area contributed by atoms with Gasteiger partial charge in [0.15, 0.2) is 0 Å². The van der Waals surface area contributed by atoms with Crippen molar-refractivity contribution in [3.05, 3.63) is 30.0 Å². The average molecular weight is 559 g/mol. The van der Waals surface area contributed by atoms with E-state index >= 15 is 0 Å². The van der Waals surface area contributed by atoms with E-state index in [9.17, 15) is 19.5 Å². The van der Waals surface area contributed by atoms with Crippen LogP contribution in [0.1, 0.15) is 71.9 Å². The van der Waals surface area contributed by atoms with E-state index in [2.05, 4.69) is 42.8 Å². The van der Waals surface area contributed by atoms with E-state index in [1.54, 1.807) is 7.11 Å². The zero-order valence-electron chi connectivity index (χ0n) is 24.4. The zero-order chi connectivity index (χ0) is 29.9. The van der Waals surface area contributed by atoms with Crippen molar-refractivity contribution >= 4 is 34.4 Å². The van der Waals surface area contributed by atoms with Gasteiger partial charge in [-0.2, -0.15) is 0 Å². The first-order chi connectivity index (χ1) is 18.8. The molecule has 8 N–H and O–H groups in total. The number of carboxylic acids is 1. The summed E-state index contributed by atoms with van der Waals surface area (Å²) in [6, 6.07) is 5.86. The van der Waals surface area contributed by atoms with Crippen LogP contribution in [0.25, 0.3) is 10.9 Å². The van der Waals surface area contributed by atoms with Crippen molar-refractivity contribution in [3.8, 4) is 5.75 Å². The number of nitrogens with zero attached hydrogens (tertiary/aromatic N) is 1. The maximum Gasteiger partial charge on any atom is 0.326 e. The largest absolute Gasteiger partial charge is 0.497 e. The molecule has 3 atom stereocenters. The molecule has 0 aliphatic carbocycles. The molecule has 2 aromatic rings. The second-order valence-corrected chi connectivity index (χ2v) is 11.2. The second-order valence-electron chi connectivity index (χ2n) is 11.2. The number of pyridine rings is 1. The van der Waals surface area contributed by atoms with E-state index in [1.807, 2.05) is 25.1 Å². The number of anilines is 1. The third kappa shape index (κ3) is 10.3. The molecule has 0 spiro atoms. The van der Waals surface area contributed by atoms with Gasteiger partial charge in [0.25, 0.3) is 0 Å². The topological polar surface area (TPSA) is 182 Å². The van der Waals surface area contributed by atoms with Crippen molar-refractivity contribution in [3.63, 3.8) is 0 Å². The molecule has 11 nitrogen and oxygen atoms in total. The van der Waals surface area contributed by atoms with Crippen LogP contribution in [-0.4, -0.2) is 66.2 Å². The Morgan fingerprint density at radius 1 is 1.10 bits per heavy atom. The number of rotatable bonds is 16. The van der Waals surface area contributed by atoms with Gasteiger partial charge in [-0.15, -0.1) is 0 Å². The first-order valence-electron chi connectivity index (χ1n) is 13.9. The number of amides is 2. The molecule has 1 aromatic heterocycles. The summed E-state index contributed by atoms with van der Waals surface area (Å²) >= 11 is 0. The molecule has 1 aromatic carbocycles. The van der Waals surface area contributed by atoms with Gasteiger partial charge in [0.05, 0.1) is 30.8 Å². The number of carbonyl (C=O) groups excluding carboxylic acids is 2. The van der Waals surface area contributed by atoms with Crippen molar-refractivity contribution in [1.82, 2.24) is 15.6 Å². The van der Waals surface area contributed by atoms with Gasteiger partial charge in [0.1, 0.15) is 11.8 Å². The Labute approximate surface area is 236 Å². The highest BCUT2D eigenvalue weighted by Crippen LogP contribution is 2.31. The van der Waals surface area contributed by atoms with Gasteiger partial charge in [-0.1, -0.05) is 33.3 Å². The van der Waals surface area contributed by atoms with E-state index in [-0.39, 0.29) is 17.9 Å². The van der Waals surface area contributed by atoms with Gasteiger partial charge in [0.2, 0.25) is 11.8 Å². The number of methoxy groups -OCH3 is 1. The first-order valence-corrected chi connectivity index (χ1v) is 13.9. The summed E-state index contributed by atoms with van der Waals surface area (Å²) in [6.45, 7) is 9.29. The molecule has 0 bridgehead atoms. The number of hydrogen-bond donors (Lipinski definition) is 6. The average Bonchev–Trinajstić information content (AvgIpc) is 2.89. The van der Waals surface area contributed by atoms with Gasteiger partial charge in [-0.3, -0.25) is 14.6 Å². The van der Waals surface area contributed by atoms with Gasteiger partial charge >= 0.3 is 5.97 Å². The molecule has 0 saturated heterocycles. The molecular formula is C29H46N6O5. The summed E-state index contributed by atoms with van der Waals surface area (Å²) in [4.78, 5) is 41.1. The Kier molecular flexibility index (Phi) is 12.6. The van der Waals surface area contributed by atoms with Gasteiger partial charge < -0.3 is 37.3 Å². The summed E-state index contributed by atoms with van der Waals surface area (Å²) < 4.78 is 5.48. The van der Waals surface area contributed by atoms with E-state index in [0.717, 1.165) is 40.9 Å². The number of hydrogen-bond acceptors (Lipinski definition) is 8. The van der Waals surface area contributed by atoms with E-state index < -0.39 is 29.9 Å². The fraction of sp³-hybridized carbons (Fsp3) is 0.586. The highest BCUT2D eigenvalue weighted by molar-refractivity contribution is 5.92. The molecule has 2 amide bonds. The Hall–Kier alpha value is -3.44. The quantitative estimate of drug-likeness (QED) is 0.169. The fourth-order valence-electron chi connectivity index (χ4n) is 4.20. The highest BCUT2D eigenvalue weighted by Gasteiger charge is 2.25. The molecule has 0 radical (unpaired) electrons. The van der Waals surface area contributed by atoms with Crippen molar-refractivity contribution in [1.29, 1.82) is 0 Å². The Morgan fingerprint density at radius 3 is 2.45 bits per heavy atom. The highest BCUT2D eigenvalue weighted by atomic mass is 16.5. The Balaban J connectivity index is 1.89. The van der Waals surface area contributed by atoms with Crippen molar-refractivity contribution in [2.24, 2.45) is 11.5 Å². The number of aromatic nitrogens is 1. The van der Waals surface area contributed by atoms with Gasteiger partial charge in [0, 0.05) is 35.1 Å². The van der Waals surface area contributed by atoms with Crippen LogP contribution in [0.15, 0.2) is 24.3 Å². The van der Waals surface area contributed by atoms with Crippen LogP contribution in [0.2, 0.25) is 0 Å². The van der Waals surface area contributed by atoms with Crippen LogP contribution < -0.4 is 32.2 Å². The molecule has 40 heavy (non-hydrogen) atoms. The van der Waals surface area contributed by atoms with E-state index in [4.69, 9.17) is 21.2 Å². The molecule has 1 unspecified atom stereocenters. The van der Waals surface area contributed by atoms with Crippen molar-refractivity contribution < 1.29 is 24.2 Å². The SMILES string of the molecule is COc1cc(NC(C)CCCNC(=O)C[C@@H](NC(=O)[C@H](N)CCCCN)C(=O)O)c2nc(C(C)(C)C)ccc2c1. The number of nitrogens with one attached hydrogen (secondary N) is 3. The van der Waals surface area contributed by atoms with Crippen LogP contribution in [0.3, 0.4) is 0 Å². The van der Waals surface area contributed by atoms with Gasteiger partial charge in [-0.25, -0.2) is 4.79 Å². The van der Waals surface area contributed by atoms with Crippen LogP contribution in [0.4, 0.5) is 5.69 Å². The number of nitrogens with two attached hydrogens (primary N) is 2. The fourth-order valence-corrected chi connectivity index (χ4v) is 4.20. The minimum atomic E-state index is -1.35. The lowest BCUT2D eigenvalue weighted by atomic mass is 9.91. The molecule has 0 aliphatic rings. The molecule has 0 saturated carbocycles. The third-order valence-electron chi connectivity index (χ3n) is 6.62. The molecule has 11 heteroatoms. The predicted octanol–water partition coefficient (Wildman–Crippen LogP) is 2.65. The van der Waals surface area contributed by atoms with Crippen molar-refractivity contribution in [2.45, 2.75) is 89.8 Å². The lowest BCUT2D eigenvalue weighted by Crippen LogP contribution is -2.50. The van der Waals surface area contributed by atoms with Crippen LogP contribution >= 0.6 is 0 Å². The van der Waals surface area contributed by atoms with Crippen LogP contribution in [0, 0.1) is 0 Å². The summed E-state index contributed by atoms with van der Waals surface area (Å²) in [5.74, 6) is -1.60. The Morgan fingerprint density at radius 2 is 1.82 bits per heavy atom. The number of unbranched alkanes of at least 4 members (excludes halogenated alkanes) is 1. The lowest BCUT2D eigenvalue weighted by Gasteiger charge is -2.21. The number of benzene rings is 1. The minimum absolute atomic E-state index is 0.0686. The van der Waals surface area contributed by atoms with E-state index in [0.29, 0.717) is 32.4 Å². The number of aliphatic carboxylic acids is 1. The first kappa shape index (κ1) is 32.8. The van der Waals surface area contributed by atoms with Crippen molar-refractivity contribution in [2.75, 3.05) is 25.5 Å². The zero-order valence-corrected chi connectivity index (χ0v) is 24.4. The summed E-state index contributed by atoms with van der Waals surface area (Å²) in [7, 11) is 1.63. The smallest absolute Gasteiger partial charge is 0.326 e. The Bertz CT molecular complexity index is 1150. The summed E-state index contributed by atoms with van der Waals surface area (Å²) in [6.07, 6.45) is 2.83. The van der Waals surface area contributed by atoms with E-state index in [1.165, 1.54) is 0 Å². The normalized spacial score (nSPS) is 13.8. The number of fused-ring (bicyclic) bond motifs is 1. The molecule has 222 valence electrons. The second kappa shape index (κ2) is 15.4. The minimum Gasteiger partial charge on any atom is -0.497 e. The standard InChI is InChI=1S/C29H46N6O5/c1-18(33-22-16-20(40-5)15-19-11-12-24(29(2,3)4)35-26(19)22)9-8-14-32-25(36)17-23(28(38)39)34-27(37)21(31)10-6-7-13-30/h11-12,15-16,18,21,23,33H,6-10,13-14,17,30-31H2,1-5H3,(H,32,36)(H,34,37)(H,38,39)/t18?,21-,23-/m1/s1. The monoisotopic (exact) mass is 558 g/mol. The molecular weight excluding hydrogens is 512 g/mol. The van der Waals surface area contributed by atoms with Crippen LogP contribution in [0.5, 0.6) is 5.75 Å². The third-order valence-corrected chi connectivity index (χ3v) is 6.62. The summed E-state index contributed by atoms with van der Waals surface area (Å²) in [5.41, 5.74) is 13.9. The van der Waals surface area contributed by atoms with Crippen LogP contribution in [-0.2, 0) is 19.8 Å². The summed E-state index contributed by atoms with van der Waals surface area (Å²) in [5, 5.41) is 19.1. The molecule has 2 rings (SSSR count). The molecule has 0 aliphatic heterocycles. The molecule has 1 heterocycles.